The Hall–Kier alpha value is -2.12. The number of ether oxygens (including phenoxy) is 1. The summed E-state index contributed by atoms with van der Waals surface area (Å²) >= 11 is 6.27. The van der Waals surface area contributed by atoms with Gasteiger partial charge in [0, 0.05) is 42.3 Å². The topological polar surface area (TPSA) is 80.1 Å². The third kappa shape index (κ3) is 6.76. The lowest BCUT2D eigenvalue weighted by Gasteiger charge is -2.55. The number of nitrogens with zero attached hydrogens (tertiary/aromatic N) is 3. The van der Waals surface area contributed by atoms with Crippen molar-refractivity contribution in [1.82, 2.24) is 9.80 Å². The summed E-state index contributed by atoms with van der Waals surface area (Å²) in [6, 6.07) is 9.02. The number of rotatable bonds is 10. The highest BCUT2D eigenvalue weighted by Crippen LogP contribution is 2.37. The summed E-state index contributed by atoms with van der Waals surface area (Å²) in [6.07, 6.45) is 8.67. The molecule has 35 heavy (non-hydrogen) atoms. The number of benzene rings is 1. The molecule has 190 valence electrons. The first-order valence-corrected chi connectivity index (χ1v) is 13.1. The summed E-state index contributed by atoms with van der Waals surface area (Å²) in [4.78, 5) is 9.13. The van der Waals surface area contributed by atoms with Crippen LogP contribution in [0.3, 0.4) is 0 Å². The molecule has 3 aliphatic rings. The number of hydrogen-bond donors (Lipinski definition) is 2. The second-order valence-corrected chi connectivity index (χ2v) is 11.1. The molecule has 0 radical (unpaired) electrons. The van der Waals surface area contributed by atoms with E-state index in [2.05, 4.69) is 52.2 Å². The van der Waals surface area contributed by atoms with Gasteiger partial charge in [-0.15, -0.1) is 0 Å². The highest BCUT2D eigenvalue weighted by molar-refractivity contribution is 6.31. The molecule has 2 aliphatic heterocycles. The van der Waals surface area contributed by atoms with Crippen molar-refractivity contribution in [2.24, 2.45) is 21.9 Å². The fourth-order valence-corrected chi connectivity index (χ4v) is 5.34. The molecule has 2 heterocycles. The van der Waals surface area contributed by atoms with Crippen molar-refractivity contribution in [2.45, 2.75) is 52.2 Å². The molecule has 7 heteroatoms. The van der Waals surface area contributed by atoms with E-state index in [1.54, 1.807) is 0 Å². The van der Waals surface area contributed by atoms with E-state index in [0.29, 0.717) is 17.8 Å². The van der Waals surface area contributed by atoms with Crippen LogP contribution in [0.15, 0.2) is 58.2 Å². The molecule has 1 atom stereocenters. The SMILES string of the molecule is C/C(=C\N(CC(N)=NC(C)C)C(N)C1=CC(Cl)=CCC1)c1ccc(CCN2CC3(COC3)C2)cc1. The van der Waals surface area contributed by atoms with Gasteiger partial charge in [0.1, 0.15) is 5.84 Å². The third-order valence-corrected chi connectivity index (χ3v) is 7.28. The predicted octanol–water partition coefficient (Wildman–Crippen LogP) is 4.12. The van der Waals surface area contributed by atoms with Gasteiger partial charge in [-0.1, -0.05) is 41.9 Å². The van der Waals surface area contributed by atoms with Gasteiger partial charge in [0.25, 0.3) is 0 Å². The lowest BCUT2D eigenvalue weighted by atomic mass is 9.78. The van der Waals surface area contributed by atoms with Gasteiger partial charge in [-0.05, 0) is 68.4 Å². The van der Waals surface area contributed by atoms with Crippen LogP contribution in [0, 0.1) is 5.41 Å². The van der Waals surface area contributed by atoms with Gasteiger partial charge < -0.3 is 26.0 Å². The first-order valence-electron chi connectivity index (χ1n) is 12.7. The van der Waals surface area contributed by atoms with E-state index in [1.807, 2.05) is 26.0 Å². The van der Waals surface area contributed by atoms with Gasteiger partial charge in [0.2, 0.25) is 0 Å². The van der Waals surface area contributed by atoms with E-state index in [-0.39, 0.29) is 12.2 Å². The summed E-state index contributed by atoms with van der Waals surface area (Å²) in [5, 5.41) is 0.746. The standard InChI is InChI=1S/C28H40ClN5O/c1-20(2)32-26(30)15-34(27(31)24-5-4-6-25(29)13-24)14-21(3)23-9-7-22(8-10-23)11-12-33-16-28(17-33)18-35-19-28/h6-10,13-14,20,27H,4-5,11-12,15-19,31H2,1-3H3,(H2,30,32)/b21-14+. The van der Waals surface area contributed by atoms with Crippen molar-refractivity contribution in [3.63, 3.8) is 0 Å². The van der Waals surface area contributed by atoms with Gasteiger partial charge >= 0.3 is 0 Å². The Labute approximate surface area is 215 Å². The molecule has 4 rings (SSSR count). The highest BCUT2D eigenvalue weighted by atomic mass is 35.5. The maximum absolute atomic E-state index is 6.71. The van der Waals surface area contributed by atoms with E-state index in [0.717, 1.165) is 55.2 Å². The Morgan fingerprint density at radius 1 is 1.26 bits per heavy atom. The van der Waals surface area contributed by atoms with Crippen LogP contribution in [-0.2, 0) is 11.2 Å². The maximum atomic E-state index is 6.71. The number of hydrogen-bond acceptors (Lipinski definition) is 5. The molecule has 1 aromatic carbocycles. The molecule has 1 aliphatic carbocycles. The summed E-state index contributed by atoms with van der Waals surface area (Å²) in [5.41, 5.74) is 18.2. The van der Waals surface area contributed by atoms with E-state index >= 15 is 0 Å². The molecule has 0 saturated carbocycles. The monoisotopic (exact) mass is 497 g/mol. The largest absolute Gasteiger partial charge is 0.386 e. The predicted molar refractivity (Wildman–Crippen MR) is 146 cm³/mol. The Balaban J connectivity index is 1.42. The Morgan fingerprint density at radius 2 is 1.97 bits per heavy atom. The fourth-order valence-electron chi connectivity index (χ4n) is 5.09. The van der Waals surface area contributed by atoms with Gasteiger partial charge in [0.05, 0.1) is 25.9 Å². The van der Waals surface area contributed by atoms with Crippen molar-refractivity contribution in [3.05, 3.63) is 64.3 Å². The zero-order chi connectivity index (χ0) is 25.0. The van der Waals surface area contributed by atoms with Crippen LogP contribution in [0.5, 0.6) is 0 Å². The third-order valence-electron chi connectivity index (χ3n) is 7.02. The molecule has 4 N–H and O–H groups in total. The zero-order valence-electron chi connectivity index (χ0n) is 21.3. The normalized spacial score (nSPS) is 21.3. The quantitative estimate of drug-likeness (QED) is 0.289. The van der Waals surface area contributed by atoms with Gasteiger partial charge in [-0.2, -0.15) is 0 Å². The minimum absolute atomic E-state index is 0.140. The number of nitrogens with two attached hydrogens (primary N) is 2. The summed E-state index contributed by atoms with van der Waals surface area (Å²) in [7, 11) is 0. The summed E-state index contributed by atoms with van der Waals surface area (Å²) in [6.45, 7) is 12.0. The molecule has 2 fully saturated rings. The minimum atomic E-state index is -0.312. The molecule has 0 amide bonds. The first kappa shape index (κ1) is 26.0. The molecule has 0 aromatic heterocycles. The van der Waals surface area contributed by atoms with Crippen molar-refractivity contribution in [3.8, 4) is 0 Å². The number of amidine groups is 1. The van der Waals surface area contributed by atoms with Crippen LogP contribution in [0.1, 0.15) is 44.7 Å². The lowest BCUT2D eigenvalue weighted by molar-refractivity contribution is -0.188. The highest BCUT2D eigenvalue weighted by Gasteiger charge is 2.48. The molecule has 1 spiro atoms. The van der Waals surface area contributed by atoms with Gasteiger partial charge in [0.15, 0.2) is 0 Å². The van der Waals surface area contributed by atoms with Crippen LogP contribution in [-0.4, -0.2) is 67.2 Å². The van der Waals surface area contributed by atoms with Crippen molar-refractivity contribution >= 4 is 23.0 Å². The average Bonchev–Trinajstić information content (AvgIpc) is 2.76. The fraction of sp³-hybridized carbons (Fsp3) is 0.536. The smallest absolute Gasteiger partial charge is 0.114 e. The lowest BCUT2D eigenvalue weighted by Crippen LogP contribution is -2.66. The molecule has 2 saturated heterocycles. The van der Waals surface area contributed by atoms with Crippen LogP contribution < -0.4 is 11.5 Å². The van der Waals surface area contributed by atoms with E-state index in [4.69, 9.17) is 27.8 Å². The molecular formula is C28H40ClN5O. The average molecular weight is 498 g/mol. The first-order chi connectivity index (χ1) is 16.7. The summed E-state index contributed by atoms with van der Waals surface area (Å²) < 4.78 is 5.38. The second-order valence-electron chi connectivity index (χ2n) is 10.6. The van der Waals surface area contributed by atoms with Crippen LogP contribution in [0.25, 0.3) is 5.57 Å². The van der Waals surface area contributed by atoms with Crippen molar-refractivity contribution in [2.75, 3.05) is 39.4 Å². The van der Waals surface area contributed by atoms with Gasteiger partial charge in [-0.3, -0.25) is 4.99 Å². The van der Waals surface area contributed by atoms with E-state index < -0.39 is 0 Å². The van der Waals surface area contributed by atoms with Crippen LogP contribution in [0.4, 0.5) is 0 Å². The molecule has 1 aromatic rings. The summed E-state index contributed by atoms with van der Waals surface area (Å²) in [5.74, 6) is 0.578. The van der Waals surface area contributed by atoms with Crippen LogP contribution in [0.2, 0.25) is 0 Å². The second kappa shape index (κ2) is 11.3. The van der Waals surface area contributed by atoms with Crippen molar-refractivity contribution < 1.29 is 4.74 Å². The number of halogens is 1. The molecular weight excluding hydrogens is 458 g/mol. The molecule has 0 bridgehead atoms. The maximum Gasteiger partial charge on any atom is 0.114 e. The number of likely N-dealkylation sites (tertiary alicyclic amines) is 1. The van der Waals surface area contributed by atoms with Gasteiger partial charge in [-0.25, -0.2) is 0 Å². The number of allylic oxidation sites excluding steroid dienone is 4. The zero-order valence-corrected chi connectivity index (χ0v) is 22.1. The Kier molecular flexibility index (Phi) is 8.38. The molecule has 6 nitrogen and oxygen atoms in total. The van der Waals surface area contributed by atoms with E-state index in [1.165, 1.54) is 24.2 Å². The Morgan fingerprint density at radius 3 is 2.57 bits per heavy atom. The van der Waals surface area contributed by atoms with Crippen LogP contribution >= 0.6 is 11.6 Å². The van der Waals surface area contributed by atoms with Crippen molar-refractivity contribution in [1.29, 1.82) is 0 Å². The molecule has 1 unspecified atom stereocenters. The minimum Gasteiger partial charge on any atom is -0.386 e. The Bertz CT molecular complexity index is 999. The van der Waals surface area contributed by atoms with E-state index in [9.17, 15) is 0 Å². The number of aliphatic imine (C=N–C) groups is 1.